The van der Waals surface area contributed by atoms with E-state index < -0.39 is 0 Å². The Bertz CT molecular complexity index is 583. The van der Waals surface area contributed by atoms with Crippen LogP contribution in [0.5, 0.6) is 0 Å². The number of hydrogen-bond donors (Lipinski definition) is 1. The molecule has 2 aliphatic rings. The van der Waals surface area contributed by atoms with Crippen molar-refractivity contribution in [2.24, 2.45) is 0 Å². The number of para-hydroxylation sites is 1. The molecule has 1 aromatic rings. The van der Waals surface area contributed by atoms with Crippen LogP contribution in [0, 0.1) is 0 Å². The topological polar surface area (TPSA) is 50.8 Å². The summed E-state index contributed by atoms with van der Waals surface area (Å²) in [6.07, 6.45) is 2.29. The average Bonchev–Trinajstić information content (AvgIpc) is 2.55. The largest absolute Gasteiger partial charge is 0.491 e. The van der Waals surface area contributed by atoms with Gasteiger partial charge in [-0.1, -0.05) is 18.2 Å². The molecule has 0 unspecified atom stereocenters. The molecule has 5 nitrogen and oxygen atoms in total. The van der Waals surface area contributed by atoms with Gasteiger partial charge in [-0.15, -0.1) is 0 Å². The fraction of sp³-hybridized carbons (Fsp3) is 0.471. The number of carbonyl (C=O) groups excluding carboxylic acids is 1. The fourth-order valence-corrected chi connectivity index (χ4v) is 2.96. The first-order valence-electron chi connectivity index (χ1n) is 7.83. The van der Waals surface area contributed by atoms with Crippen molar-refractivity contribution >= 4 is 11.6 Å². The number of allylic oxidation sites excluding steroid dienone is 1. The number of rotatable bonds is 4. The summed E-state index contributed by atoms with van der Waals surface area (Å²) in [5.41, 5.74) is 2.68. The molecule has 0 saturated heterocycles. The lowest BCUT2D eigenvalue weighted by Gasteiger charge is -2.31. The summed E-state index contributed by atoms with van der Waals surface area (Å²) in [5, 5.41) is 2.92. The highest BCUT2D eigenvalue weighted by Crippen LogP contribution is 2.26. The maximum Gasteiger partial charge on any atom is 0.290 e. The Balaban J connectivity index is 1.55. The van der Waals surface area contributed by atoms with Crippen LogP contribution < -0.4 is 10.2 Å². The minimum atomic E-state index is -0.192. The number of carbonyl (C=O) groups is 1. The number of benzene rings is 1. The maximum absolute atomic E-state index is 12.1. The van der Waals surface area contributed by atoms with Gasteiger partial charge in [0, 0.05) is 25.3 Å². The van der Waals surface area contributed by atoms with E-state index in [-0.39, 0.29) is 5.91 Å². The lowest BCUT2D eigenvalue weighted by atomic mass is 10.0. The number of anilines is 1. The minimum Gasteiger partial charge on any atom is -0.491 e. The van der Waals surface area contributed by atoms with Gasteiger partial charge in [-0.3, -0.25) is 4.79 Å². The number of aryl methyl sites for hydroxylation is 1. The Morgan fingerprint density at radius 3 is 2.95 bits per heavy atom. The van der Waals surface area contributed by atoms with Crippen molar-refractivity contribution in [3.8, 4) is 0 Å². The number of nitrogens with one attached hydrogen (secondary N) is 1. The van der Waals surface area contributed by atoms with Crippen molar-refractivity contribution in [3.05, 3.63) is 41.3 Å². The Hall–Kier alpha value is -2.17. The smallest absolute Gasteiger partial charge is 0.290 e. The van der Waals surface area contributed by atoms with Crippen molar-refractivity contribution < 1.29 is 14.3 Å². The zero-order chi connectivity index (χ0) is 15.4. The SMILES string of the molecule is CC1=C(C(=O)NCCN2CCCc3ccccc32)OCCO1. The van der Waals surface area contributed by atoms with E-state index in [0.717, 1.165) is 25.9 Å². The van der Waals surface area contributed by atoms with Gasteiger partial charge in [0.25, 0.3) is 5.91 Å². The standard InChI is InChI=1S/C17H22N2O3/c1-13-16(22-12-11-21-13)17(20)18-8-10-19-9-4-6-14-5-2-3-7-15(14)19/h2-3,5,7H,4,6,8-12H2,1H3,(H,18,20). The molecule has 0 spiro atoms. The highest BCUT2D eigenvalue weighted by molar-refractivity contribution is 5.91. The fourth-order valence-electron chi connectivity index (χ4n) is 2.96. The summed E-state index contributed by atoms with van der Waals surface area (Å²) in [6.45, 7) is 5.12. The van der Waals surface area contributed by atoms with Crippen molar-refractivity contribution in [2.45, 2.75) is 19.8 Å². The molecule has 5 heteroatoms. The second-order valence-electron chi connectivity index (χ2n) is 5.56. The second kappa shape index (κ2) is 6.73. The first-order valence-corrected chi connectivity index (χ1v) is 7.83. The van der Waals surface area contributed by atoms with Crippen LogP contribution in [-0.4, -0.2) is 38.8 Å². The third-order valence-corrected chi connectivity index (χ3v) is 4.05. The van der Waals surface area contributed by atoms with E-state index in [2.05, 4.69) is 34.5 Å². The normalized spacial score (nSPS) is 17.4. The lowest BCUT2D eigenvalue weighted by molar-refractivity contribution is -0.122. The first-order chi connectivity index (χ1) is 10.8. The van der Waals surface area contributed by atoms with Crippen LogP contribution in [0.2, 0.25) is 0 Å². The van der Waals surface area contributed by atoms with E-state index >= 15 is 0 Å². The first kappa shape index (κ1) is 14.8. The van der Waals surface area contributed by atoms with Gasteiger partial charge in [0.15, 0.2) is 0 Å². The van der Waals surface area contributed by atoms with Crippen LogP contribution in [0.4, 0.5) is 5.69 Å². The Kier molecular flexibility index (Phi) is 4.51. The zero-order valence-electron chi connectivity index (χ0n) is 12.9. The molecule has 0 aromatic heterocycles. The van der Waals surface area contributed by atoms with E-state index in [0.29, 0.717) is 31.3 Å². The summed E-state index contributed by atoms with van der Waals surface area (Å²) < 4.78 is 10.7. The molecule has 0 radical (unpaired) electrons. The molecular formula is C17H22N2O3. The third-order valence-electron chi connectivity index (χ3n) is 4.05. The van der Waals surface area contributed by atoms with Crippen LogP contribution in [-0.2, 0) is 20.7 Å². The molecule has 0 aliphatic carbocycles. The van der Waals surface area contributed by atoms with Gasteiger partial charge in [0.1, 0.15) is 19.0 Å². The molecule has 0 saturated carbocycles. The molecule has 0 atom stereocenters. The summed E-state index contributed by atoms with van der Waals surface area (Å²) in [4.78, 5) is 14.4. The number of amides is 1. The molecule has 0 fully saturated rings. The molecule has 22 heavy (non-hydrogen) atoms. The molecule has 2 aliphatic heterocycles. The molecule has 118 valence electrons. The van der Waals surface area contributed by atoms with Gasteiger partial charge in [-0.25, -0.2) is 0 Å². The van der Waals surface area contributed by atoms with Crippen LogP contribution in [0.3, 0.4) is 0 Å². The predicted molar refractivity (Wildman–Crippen MR) is 84.6 cm³/mol. The summed E-state index contributed by atoms with van der Waals surface area (Å²) in [6, 6.07) is 8.49. The van der Waals surface area contributed by atoms with Crippen LogP contribution in [0.15, 0.2) is 35.8 Å². The van der Waals surface area contributed by atoms with E-state index in [1.54, 1.807) is 6.92 Å². The lowest BCUT2D eigenvalue weighted by Crippen LogP contribution is -2.39. The molecule has 1 N–H and O–H groups in total. The van der Waals surface area contributed by atoms with E-state index in [9.17, 15) is 4.79 Å². The van der Waals surface area contributed by atoms with Gasteiger partial charge in [-0.2, -0.15) is 0 Å². The third kappa shape index (κ3) is 3.18. The van der Waals surface area contributed by atoms with E-state index in [1.165, 1.54) is 11.3 Å². The molecule has 2 heterocycles. The van der Waals surface area contributed by atoms with Crippen molar-refractivity contribution in [1.29, 1.82) is 0 Å². The summed E-state index contributed by atoms with van der Waals surface area (Å²) in [7, 11) is 0. The average molecular weight is 302 g/mol. The van der Waals surface area contributed by atoms with Crippen molar-refractivity contribution in [3.63, 3.8) is 0 Å². The van der Waals surface area contributed by atoms with Gasteiger partial charge < -0.3 is 19.7 Å². The maximum atomic E-state index is 12.1. The Morgan fingerprint density at radius 1 is 1.27 bits per heavy atom. The molecule has 1 amide bonds. The minimum absolute atomic E-state index is 0.192. The predicted octanol–water partition coefficient (Wildman–Crippen LogP) is 1.83. The number of ether oxygens (including phenoxy) is 2. The number of fused-ring (bicyclic) bond motifs is 1. The molecular weight excluding hydrogens is 280 g/mol. The van der Waals surface area contributed by atoms with E-state index in [4.69, 9.17) is 9.47 Å². The number of hydrogen-bond acceptors (Lipinski definition) is 4. The van der Waals surface area contributed by atoms with Gasteiger partial charge in [0.05, 0.1) is 0 Å². The second-order valence-corrected chi connectivity index (χ2v) is 5.56. The number of nitrogens with zero attached hydrogens (tertiary/aromatic N) is 1. The molecule has 1 aromatic carbocycles. The van der Waals surface area contributed by atoms with Crippen LogP contribution in [0.1, 0.15) is 18.9 Å². The molecule has 3 rings (SSSR count). The van der Waals surface area contributed by atoms with Gasteiger partial charge in [0.2, 0.25) is 5.76 Å². The zero-order valence-corrected chi connectivity index (χ0v) is 12.9. The quantitative estimate of drug-likeness (QED) is 0.922. The van der Waals surface area contributed by atoms with Crippen molar-refractivity contribution in [2.75, 3.05) is 37.7 Å². The monoisotopic (exact) mass is 302 g/mol. The van der Waals surface area contributed by atoms with Crippen LogP contribution in [0.25, 0.3) is 0 Å². The highest BCUT2D eigenvalue weighted by Gasteiger charge is 2.20. The summed E-state index contributed by atoms with van der Waals surface area (Å²) >= 11 is 0. The highest BCUT2D eigenvalue weighted by atomic mass is 16.6. The van der Waals surface area contributed by atoms with Crippen molar-refractivity contribution in [1.82, 2.24) is 5.32 Å². The Labute approximate surface area is 130 Å². The van der Waals surface area contributed by atoms with Crippen LogP contribution >= 0.6 is 0 Å². The van der Waals surface area contributed by atoms with Gasteiger partial charge >= 0.3 is 0 Å². The van der Waals surface area contributed by atoms with E-state index in [1.807, 2.05) is 0 Å². The Morgan fingerprint density at radius 2 is 2.09 bits per heavy atom. The van der Waals surface area contributed by atoms with Gasteiger partial charge in [-0.05, 0) is 31.4 Å². The molecule has 0 bridgehead atoms. The summed E-state index contributed by atoms with van der Waals surface area (Å²) in [5.74, 6) is 0.680.